The van der Waals surface area contributed by atoms with Crippen molar-refractivity contribution in [3.05, 3.63) is 76.9 Å². The Morgan fingerprint density at radius 2 is 1.79 bits per heavy atom. The van der Waals surface area contributed by atoms with E-state index in [1.807, 2.05) is 23.1 Å². The van der Waals surface area contributed by atoms with E-state index in [-0.39, 0.29) is 17.9 Å². The van der Waals surface area contributed by atoms with Crippen molar-refractivity contribution < 1.29 is 9.59 Å². The minimum absolute atomic E-state index is 0.0151. The fourth-order valence-electron chi connectivity index (χ4n) is 4.35. The van der Waals surface area contributed by atoms with Crippen molar-refractivity contribution in [2.45, 2.75) is 51.5 Å². The maximum absolute atomic E-state index is 13.1. The van der Waals surface area contributed by atoms with Crippen molar-refractivity contribution >= 4 is 17.5 Å². The number of anilines is 1. The first-order chi connectivity index (χ1) is 14.1. The number of nitrogens with one attached hydrogen (secondary N) is 1. The SMILES string of the molecule is CC1Cc2ccccc2N1C(=O)c1ccc(C(=O)NCCC2=CCCCC2)cc1. The van der Waals surface area contributed by atoms with E-state index >= 15 is 0 Å². The van der Waals surface area contributed by atoms with E-state index in [0.29, 0.717) is 17.7 Å². The molecule has 4 heteroatoms. The topological polar surface area (TPSA) is 49.4 Å². The minimum Gasteiger partial charge on any atom is -0.352 e. The second-order valence-corrected chi connectivity index (χ2v) is 8.05. The zero-order valence-electron chi connectivity index (χ0n) is 17.0. The first-order valence-electron chi connectivity index (χ1n) is 10.6. The molecule has 1 N–H and O–H groups in total. The van der Waals surface area contributed by atoms with Gasteiger partial charge in [-0.2, -0.15) is 0 Å². The van der Waals surface area contributed by atoms with Crippen molar-refractivity contribution in [2.24, 2.45) is 0 Å². The molecule has 0 radical (unpaired) electrons. The van der Waals surface area contributed by atoms with Crippen LogP contribution in [0.15, 0.2) is 60.2 Å². The molecule has 4 rings (SSSR count). The molecule has 150 valence electrons. The van der Waals surface area contributed by atoms with Gasteiger partial charge in [0, 0.05) is 29.4 Å². The average Bonchev–Trinajstić information content (AvgIpc) is 3.09. The van der Waals surface area contributed by atoms with Crippen LogP contribution in [0.2, 0.25) is 0 Å². The van der Waals surface area contributed by atoms with Crippen LogP contribution in [0.3, 0.4) is 0 Å². The molecule has 2 aromatic carbocycles. The zero-order valence-corrected chi connectivity index (χ0v) is 17.0. The zero-order chi connectivity index (χ0) is 20.2. The smallest absolute Gasteiger partial charge is 0.258 e. The lowest BCUT2D eigenvalue weighted by Crippen LogP contribution is -2.35. The standard InChI is InChI=1S/C25H28N2O2/c1-18-17-22-9-5-6-10-23(22)27(18)25(29)21-13-11-20(12-14-21)24(28)26-16-15-19-7-3-2-4-8-19/h5-7,9-14,18H,2-4,8,15-17H2,1H3,(H,26,28). The number of nitrogens with zero attached hydrogens (tertiary/aromatic N) is 1. The summed E-state index contributed by atoms with van der Waals surface area (Å²) in [6.45, 7) is 2.73. The van der Waals surface area contributed by atoms with Gasteiger partial charge in [-0.1, -0.05) is 29.8 Å². The molecule has 2 aliphatic rings. The Morgan fingerprint density at radius 1 is 1.03 bits per heavy atom. The van der Waals surface area contributed by atoms with Gasteiger partial charge in [-0.25, -0.2) is 0 Å². The molecule has 1 aliphatic heterocycles. The molecule has 0 saturated heterocycles. The Bertz CT molecular complexity index is 930. The van der Waals surface area contributed by atoms with E-state index in [4.69, 9.17) is 0 Å². The van der Waals surface area contributed by atoms with Crippen molar-refractivity contribution in [1.29, 1.82) is 0 Å². The number of benzene rings is 2. The Morgan fingerprint density at radius 3 is 2.55 bits per heavy atom. The molecule has 0 fully saturated rings. The Labute approximate surface area is 172 Å². The minimum atomic E-state index is -0.0831. The van der Waals surface area contributed by atoms with Gasteiger partial charge in [0.1, 0.15) is 0 Å². The van der Waals surface area contributed by atoms with Gasteiger partial charge < -0.3 is 10.2 Å². The first-order valence-corrected chi connectivity index (χ1v) is 10.6. The van der Waals surface area contributed by atoms with E-state index in [0.717, 1.165) is 24.9 Å². The maximum Gasteiger partial charge on any atom is 0.258 e. The van der Waals surface area contributed by atoms with Crippen LogP contribution < -0.4 is 10.2 Å². The van der Waals surface area contributed by atoms with Gasteiger partial charge in [0.25, 0.3) is 11.8 Å². The molecule has 29 heavy (non-hydrogen) atoms. The molecule has 0 aromatic heterocycles. The molecule has 2 amide bonds. The third-order valence-electron chi connectivity index (χ3n) is 5.94. The molecule has 4 nitrogen and oxygen atoms in total. The highest BCUT2D eigenvalue weighted by molar-refractivity contribution is 6.08. The van der Waals surface area contributed by atoms with Gasteiger partial charge >= 0.3 is 0 Å². The number of carbonyl (C=O) groups is 2. The molecule has 1 heterocycles. The lowest BCUT2D eigenvalue weighted by atomic mass is 9.97. The highest BCUT2D eigenvalue weighted by atomic mass is 16.2. The summed E-state index contributed by atoms with van der Waals surface area (Å²) in [6.07, 6.45) is 8.97. The van der Waals surface area contributed by atoms with Gasteiger partial charge in [-0.3, -0.25) is 9.59 Å². The van der Waals surface area contributed by atoms with Crippen LogP contribution >= 0.6 is 0 Å². The van der Waals surface area contributed by atoms with Crippen molar-refractivity contribution in [1.82, 2.24) is 5.32 Å². The molecule has 0 bridgehead atoms. The molecule has 1 aliphatic carbocycles. The number of hydrogen-bond donors (Lipinski definition) is 1. The molecular weight excluding hydrogens is 360 g/mol. The van der Waals surface area contributed by atoms with E-state index in [1.54, 1.807) is 24.3 Å². The lowest BCUT2D eigenvalue weighted by Gasteiger charge is -2.23. The summed E-state index contributed by atoms with van der Waals surface area (Å²) in [5.74, 6) is -0.0982. The molecule has 0 spiro atoms. The largest absolute Gasteiger partial charge is 0.352 e. The van der Waals surface area contributed by atoms with Crippen molar-refractivity contribution in [3.63, 3.8) is 0 Å². The highest BCUT2D eigenvalue weighted by Gasteiger charge is 2.31. The second kappa shape index (κ2) is 8.64. The van der Waals surface area contributed by atoms with Crippen molar-refractivity contribution in [2.75, 3.05) is 11.4 Å². The fourth-order valence-corrected chi connectivity index (χ4v) is 4.35. The lowest BCUT2D eigenvalue weighted by molar-refractivity contribution is 0.0949. The molecule has 1 atom stereocenters. The Balaban J connectivity index is 1.38. The highest BCUT2D eigenvalue weighted by Crippen LogP contribution is 2.33. The molecule has 1 unspecified atom stereocenters. The maximum atomic E-state index is 13.1. The fraction of sp³-hybridized carbons (Fsp3) is 0.360. The average molecular weight is 389 g/mol. The predicted molar refractivity (Wildman–Crippen MR) is 116 cm³/mol. The normalized spacial score (nSPS) is 18.2. The van der Waals surface area contributed by atoms with Crippen LogP contribution in [-0.4, -0.2) is 24.4 Å². The number of allylic oxidation sites excluding steroid dienone is 1. The summed E-state index contributed by atoms with van der Waals surface area (Å²) in [7, 11) is 0. The summed E-state index contributed by atoms with van der Waals surface area (Å²) in [5.41, 5.74) is 4.85. The Hall–Kier alpha value is -2.88. The van der Waals surface area contributed by atoms with Gasteiger partial charge in [0.15, 0.2) is 0 Å². The Kier molecular flexibility index (Phi) is 5.79. The summed E-state index contributed by atoms with van der Waals surface area (Å²) in [6, 6.07) is 15.2. The van der Waals surface area contributed by atoms with E-state index in [1.165, 1.54) is 30.4 Å². The summed E-state index contributed by atoms with van der Waals surface area (Å²) < 4.78 is 0. The van der Waals surface area contributed by atoms with Crippen LogP contribution in [0, 0.1) is 0 Å². The van der Waals surface area contributed by atoms with Gasteiger partial charge in [-0.15, -0.1) is 0 Å². The summed E-state index contributed by atoms with van der Waals surface area (Å²) >= 11 is 0. The molecular formula is C25H28N2O2. The van der Waals surface area contributed by atoms with Crippen LogP contribution in [0.25, 0.3) is 0 Å². The van der Waals surface area contributed by atoms with Crippen LogP contribution in [0.1, 0.15) is 65.3 Å². The van der Waals surface area contributed by atoms with Gasteiger partial charge in [0.2, 0.25) is 0 Å². The predicted octanol–water partition coefficient (Wildman–Crippen LogP) is 4.90. The molecule has 0 saturated carbocycles. The van der Waals surface area contributed by atoms with Gasteiger partial charge in [-0.05, 0) is 81.3 Å². The van der Waals surface area contributed by atoms with Gasteiger partial charge in [0.05, 0.1) is 0 Å². The van der Waals surface area contributed by atoms with E-state index in [9.17, 15) is 9.59 Å². The number of fused-ring (bicyclic) bond motifs is 1. The monoisotopic (exact) mass is 388 g/mol. The summed E-state index contributed by atoms with van der Waals surface area (Å²) in [4.78, 5) is 27.3. The number of carbonyl (C=O) groups excluding carboxylic acids is 2. The van der Waals surface area contributed by atoms with Crippen LogP contribution in [0.5, 0.6) is 0 Å². The number of rotatable bonds is 5. The van der Waals surface area contributed by atoms with Crippen LogP contribution in [-0.2, 0) is 6.42 Å². The van der Waals surface area contributed by atoms with Crippen LogP contribution in [0.4, 0.5) is 5.69 Å². The van der Waals surface area contributed by atoms with E-state index < -0.39 is 0 Å². The number of hydrogen-bond acceptors (Lipinski definition) is 2. The third-order valence-corrected chi connectivity index (χ3v) is 5.94. The summed E-state index contributed by atoms with van der Waals surface area (Å²) in [5, 5.41) is 3.00. The quantitative estimate of drug-likeness (QED) is 0.741. The number of amides is 2. The van der Waals surface area contributed by atoms with Crippen molar-refractivity contribution in [3.8, 4) is 0 Å². The first kappa shape index (κ1) is 19.4. The number of para-hydroxylation sites is 1. The third kappa shape index (κ3) is 4.26. The van der Waals surface area contributed by atoms with E-state index in [2.05, 4.69) is 24.4 Å². The second-order valence-electron chi connectivity index (χ2n) is 8.05. The molecule has 2 aromatic rings.